The Morgan fingerprint density at radius 1 is 0.971 bits per heavy atom. The van der Waals surface area contributed by atoms with Crippen LogP contribution in [0.5, 0.6) is 0 Å². The summed E-state index contributed by atoms with van der Waals surface area (Å²) in [6.45, 7) is 2.82. The van der Waals surface area contributed by atoms with Gasteiger partial charge in [0.2, 0.25) is 0 Å². The molecule has 0 saturated carbocycles. The number of pyridine rings is 2. The molecule has 1 saturated heterocycles. The lowest BCUT2D eigenvalue weighted by atomic mass is 10.0. The molecule has 1 aliphatic heterocycles. The number of anilines is 2. The van der Waals surface area contributed by atoms with Crippen LogP contribution in [0.25, 0.3) is 22.3 Å². The Hall–Kier alpha value is -3.82. The highest BCUT2D eigenvalue weighted by molar-refractivity contribution is 7.90. The Morgan fingerprint density at radius 2 is 1.76 bits per heavy atom. The standard InChI is InChI=1S/C25H23N5O3S/c1-17-5-8-19(16-21(17)22-11-12-23-24(28-22)4-3-13-26-23)27-25(31)18-6-9-20(10-7-18)30-15-14-29(2)34(30,32)33/h3-13,16H,14-15H2,1-2H3,(H,27,31). The van der Waals surface area contributed by atoms with Crippen LogP contribution in [0.4, 0.5) is 11.4 Å². The molecule has 1 fully saturated rings. The minimum absolute atomic E-state index is 0.279. The molecule has 1 N–H and O–H groups in total. The van der Waals surface area contributed by atoms with Crippen molar-refractivity contribution >= 4 is 38.5 Å². The second-order valence-electron chi connectivity index (χ2n) is 8.17. The number of nitrogens with zero attached hydrogens (tertiary/aromatic N) is 4. The van der Waals surface area contributed by atoms with Crippen molar-refractivity contribution in [1.82, 2.24) is 14.3 Å². The molecule has 0 spiro atoms. The average molecular weight is 474 g/mol. The van der Waals surface area contributed by atoms with Crippen molar-refractivity contribution in [2.24, 2.45) is 0 Å². The topological polar surface area (TPSA) is 95.5 Å². The van der Waals surface area contributed by atoms with Crippen molar-refractivity contribution < 1.29 is 13.2 Å². The number of carbonyl (C=O) groups excluding carboxylic acids is 1. The summed E-state index contributed by atoms with van der Waals surface area (Å²) in [7, 11) is -1.94. The first-order chi connectivity index (χ1) is 16.3. The smallest absolute Gasteiger partial charge is 0.303 e. The van der Waals surface area contributed by atoms with Gasteiger partial charge in [-0.1, -0.05) is 6.07 Å². The van der Waals surface area contributed by atoms with Gasteiger partial charge in [0.1, 0.15) is 0 Å². The Labute approximate surface area is 198 Å². The zero-order valence-electron chi connectivity index (χ0n) is 18.8. The number of amides is 1. The van der Waals surface area contributed by atoms with Crippen LogP contribution in [0, 0.1) is 6.92 Å². The van der Waals surface area contributed by atoms with E-state index in [1.165, 1.54) is 8.61 Å². The Balaban J connectivity index is 1.37. The minimum atomic E-state index is -3.49. The largest absolute Gasteiger partial charge is 0.322 e. The van der Waals surface area contributed by atoms with Crippen molar-refractivity contribution in [2.45, 2.75) is 6.92 Å². The third kappa shape index (κ3) is 4.00. The highest BCUT2D eigenvalue weighted by Crippen LogP contribution is 2.28. The maximum atomic E-state index is 12.9. The first-order valence-corrected chi connectivity index (χ1v) is 12.2. The van der Waals surface area contributed by atoms with Gasteiger partial charge in [-0.25, -0.2) is 4.98 Å². The van der Waals surface area contributed by atoms with Crippen LogP contribution in [-0.2, 0) is 10.2 Å². The predicted molar refractivity (Wildman–Crippen MR) is 133 cm³/mol. The number of aromatic nitrogens is 2. The zero-order valence-corrected chi connectivity index (χ0v) is 19.6. The molecule has 1 aliphatic rings. The van der Waals surface area contributed by atoms with E-state index in [2.05, 4.69) is 10.3 Å². The minimum Gasteiger partial charge on any atom is -0.322 e. The molecule has 34 heavy (non-hydrogen) atoms. The van der Waals surface area contributed by atoms with Gasteiger partial charge in [0.25, 0.3) is 5.91 Å². The Bertz CT molecular complexity index is 1500. The lowest BCUT2D eigenvalue weighted by Gasteiger charge is -2.18. The molecule has 0 aliphatic carbocycles. The van der Waals surface area contributed by atoms with E-state index >= 15 is 0 Å². The van der Waals surface area contributed by atoms with Crippen LogP contribution in [0.2, 0.25) is 0 Å². The van der Waals surface area contributed by atoms with E-state index in [9.17, 15) is 13.2 Å². The van der Waals surface area contributed by atoms with E-state index in [-0.39, 0.29) is 5.91 Å². The second-order valence-corrected chi connectivity index (χ2v) is 10.1. The van der Waals surface area contributed by atoms with E-state index in [0.717, 1.165) is 27.9 Å². The number of hydrogen-bond acceptors (Lipinski definition) is 5. The molecular formula is C25H23N5O3S. The monoisotopic (exact) mass is 473 g/mol. The fourth-order valence-electron chi connectivity index (χ4n) is 3.96. The van der Waals surface area contributed by atoms with Gasteiger partial charge in [0.15, 0.2) is 0 Å². The fourth-order valence-corrected chi connectivity index (χ4v) is 5.31. The molecule has 0 bridgehead atoms. The molecule has 0 atom stereocenters. The van der Waals surface area contributed by atoms with Crippen molar-refractivity contribution in [3.05, 3.63) is 84.1 Å². The van der Waals surface area contributed by atoms with Gasteiger partial charge >= 0.3 is 10.2 Å². The molecule has 8 nitrogen and oxygen atoms in total. The van der Waals surface area contributed by atoms with Crippen LogP contribution in [-0.4, -0.2) is 48.7 Å². The third-order valence-electron chi connectivity index (χ3n) is 5.94. The van der Waals surface area contributed by atoms with E-state index in [1.54, 1.807) is 37.5 Å². The number of hydrogen-bond donors (Lipinski definition) is 1. The molecule has 5 rings (SSSR count). The highest BCUT2D eigenvalue weighted by Gasteiger charge is 2.33. The molecular weight excluding hydrogens is 450 g/mol. The molecule has 4 aromatic rings. The van der Waals surface area contributed by atoms with Crippen molar-refractivity contribution in [3.8, 4) is 11.3 Å². The summed E-state index contributed by atoms with van der Waals surface area (Å²) in [6, 6.07) is 19.9. The highest BCUT2D eigenvalue weighted by atomic mass is 32.2. The normalized spacial score (nSPS) is 15.5. The molecule has 3 heterocycles. The summed E-state index contributed by atoms with van der Waals surface area (Å²) in [4.78, 5) is 21.9. The first kappa shape index (κ1) is 22.0. The average Bonchev–Trinajstić information content (AvgIpc) is 3.12. The van der Waals surface area contributed by atoms with Crippen molar-refractivity contribution in [1.29, 1.82) is 0 Å². The van der Waals surface area contributed by atoms with E-state index < -0.39 is 10.2 Å². The molecule has 9 heteroatoms. The Morgan fingerprint density at radius 3 is 2.50 bits per heavy atom. The number of benzene rings is 2. The number of fused-ring (bicyclic) bond motifs is 1. The fraction of sp³-hybridized carbons (Fsp3) is 0.160. The molecule has 1 amide bonds. The summed E-state index contributed by atoms with van der Waals surface area (Å²) >= 11 is 0. The second kappa shape index (κ2) is 8.51. The third-order valence-corrected chi connectivity index (χ3v) is 7.86. The van der Waals surface area contributed by atoms with Crippen LogP contribution < -0.4 is 9.62 Å². The van der Waals surface area contributed by atoms with Gasteiger partial charge in [-0.3, -0.25) is 14.1 Å². The SMILES string of the molecule is Cc1ccc(NC(=O)c2ccc(N3CCN(C)S3(=O)=O)cc2)cc1-c1ccc2ncccc2n1. The summed E-state index contributed by atoms with van der Waals surface area (Å²) in [5.41, 5.74) is 6.00. The molecule has 2 aromatic carbocycles. The molecule has 0 unspecified atom stereocenters. The first-order valence-electron chi connectivity index (χ1n) is 10.8. The van der Waals surface area contributed by atoms with Gasteiger partial charge in [0, 0.05) is 43.1 Å². The van der Waals surface area contributed by atoms with Gasteiger partial charge in [-0.05, 0) is 73.2 Å². The molecule has 172 valence electrons. The van der Waals surface area contributed by atoms with Crippen LogP contribution in [0.15, 0.2) is 72.9 Å². The number of rotatable bonds is 4. The lowest BCUT2D eigenvalue weighted by Crippen LogP contribution is -2.30. The zero-order chi connectivity index (χ0) is 23.9. The summed E-state index contributed by atoms with van der Waals surface area (Å²) < 4.78 is 27.4. The number of nitrogens with one attached hydrogen (secondary N) is 1. The lowest BCUT2D eigenvalue weighted by molar-refractivity contribution is 0.102. The molecule has 2 aromatic heterocycles. The molecule has 0 radical (unpaired) electrons. The predicted octanol–water partition coefficient (Wildman–Crippen LogP) is 3.85. The van der Waals surface area contributed by atoms with Crippen LogP contribution in [0.3, 0.4) is 0 Å². The van der Waals surface area contributed by atoms with Crippen molar-refractivity contribution in [2.75, 3.05) is 29.8 Å². The number of aryl methyl sites for hydroxylation is 1. The van der Waals surface area contributed by atoms with E-state index in [1.807, 2.05) is 49.4 Å². The van der Waals surface area contributed by atoms with Crippen LogP contribution in [0.1, 0.15) is 15.9 Å². The maximum absolute atomic E-state index is 12.9. The van der Waals surface area contributed by atoms with Crippen LogP contribution >= 0.6 is 0 Å². The summed E-state index contributed by atoms with van der Waals surface area (Å²) in [5.74, 6) is -0.279. The van der Waals surface area contributed by atoms with Gasteiger partial charge < -0.3 is 5.32 Å². The summed E-state index contributed by atoms with van der Waals surface area (Å²) in [5, 5.41) is 2.93. The van der Waals surface area contributed by atoms with E-state index in [4.69, 9.17) is 4.98 Å². The van der Waals surface area contributed by atoms with E-state index in [0.29, 0.717) is 30.0 Å². The maximum Gasteiger partial charge on any atom is 0.303 e. The quantitative estimate of drug-likeness (QED) is 0.486. The van der Waals surface area contributed by atoms with Gasteiger partial charge in [-0.15, -0.1) is 0 Å². The Kier molecular flexibility index (Phi) is 5.51. The van der Waals surface area contributed by atoms with Crippen molar-refractivity contribution in [3.63, 3.8) is 0 Å². The number of carbonyl (C=O) groups is 1. The van der Waals surface area contributed by atoms with Gasteiger partial charge in [-0.2, -0.15) is 12.7 Å². The number of likely N-dealkylation sites (N-methyl/N-ethyl adjacent to an activating group) is 1. The summed E-state index contributed by atoms with van der Waals surface area (Å²) in [6.07, 6.45) is 1.74. The van der Waals surface area contributed by atoms with Gasteiger partial charge in [0.05, 0.1) is 22.4 Å².